The zero-order valence-electron chi connectivity index (χ0n) is 17.1. The third-order valence-electron chi connectivity index (χ3n) is 4.26. The van der Waals surface area contributed by atoms with E-state index in [9.17, 15) is 24.0 Å². The molecule has 0 aliphatic carbocycles. The van der Waals surface area contributed by atoms with Crippen LogP contribution in [0.1, 0.15) is 51.8 Å². The monoisotopic (exact) mass is 424 g/mol. The number of carbonyl (C=O) groups is 5. The fourth-order valence-corrected chi connectivity index (χ4v) is 3.00. The summed E-state index contributed by atoms with van der Waals surface area (Å²) in [6.45, 7) is 4.14. The van der Waals surface area contributed by atoms with Crippen LogP contribution in [0.3, 0.4) is 0 Å². The molecule has 0 unspecified atom stereocenters. The van der Waals surface area contributed by atoms with Crippen LogP contribution in [0.4, 0.5) is 11.4 Å². The zero-order valence-corrected chi connectivity index (χ0v) is 17.1. The first-order chi connectivity index (χ1) is 14.7. The summed E-state index contributed by atoms with van der Waals surface area (Å²) in [5.41, 5.74) is 1.07. The molecule has 2 aromatic carbocycles. The van der Waals surface area contributed by atoms with Crippen molar-refractivity contribution in [2.24, 2.45) is 0 Å². The molecule has 31 heavy (non-hydrogen) atoms. The first-order valence-electron chi connectivity index (χ1n) is 9.44. The highest BCUT2D eigenvalue weighted by Crippen LogP contribution is 2.30. The molecule has 1 aliphatic rings. The van der Waals surface area contributed by atoms with Crippen LogP contribution in [0.25, 0.3) is 0 Å². The Hall–Kier alpha value is -4.01. The lowest BCUT2D eigenvalue weighted by molar-refractivity contribution is -0.151. The van der Waals surface area contributed by atoms with E-state index in [0.717, 1.165) is 4.90 Å². The first-order valence-corrected chi connectivity index (χ1v) is 9.44. The molecule has 0 atom stereocenters. The second-order valence-electron chi connectivity index (χ2n) is 7.05. The molecule has 0 fully saturated rings. The summed E-state index contributed by atoms with van der Waals surface area (Å²) in [4.78, 5) is 61.4. The molecule has 0 saturated carbocycles. The van der Waals surface area contributed by atoms with Gasteiger partial charge in [0.2, 0.25) is 5.91 Å². The van der Waals surface area contributed by atoms with Crippen LogP contribution in [0, 0.1) is 0 Å². The van der Waals surface area contributed by atoms with Crippen LogP contribution in [0.5, 0.6) is 0 Å². The Morgan fingerprint density at radius 3 is 2.23 bits per heavy atom. The number of hydrogen-bond donors (Lipinski definition) is 1. The van der Waals surface area contributed by atoms with Gasteiger partial charge >= 0.3 is 11.9 Å². The molecule has 0 aromatic heterocycles. The maximum absolute atomic E-state index is 12.8. The minimum absolute atomic E-state index is 0.0279. The molecule has 9 nitrogen and oxygen atoms in total. The SMILES string of the molecule is CC(=O)Nc1ccc(N2C(=O)c3ccc(C(=O)OCC(=O)OC(C)C)cc3C2=O)cc1. The third-order valence-corrected chi connectivity index (χ3v) is 4.26. The van der Waals surface area contributed by atoms with E-state index in [0.29, 0.717) is 11.4 Å². The predicted molar refractivity (Wildman–Crippen MR) is 110 cm³/mol. The number of nitrogens with one attached hydrogen (secondary N) is 1. The van der Waals surface area contributed by atoms with E-state index in [1.807, 2.05) is 0 Å². The molecular formula is C22H20N2O7. The molecule has 9 heteroatoms. The van der Waals surface area contributed by atoms with Crippen LogP contribution in [0.15, 0.2) is 42.5 Å². The van der Waals surface area contributed by atoms with Crippen LogP contribution in [0.2, 0.25) is 0 Å². The number of anilines is 2. The molecule has 2 aromatic rings. The molecule has 0 saturated heterocycles. The smallest absolute Gasteiger partial charge is 0.344 e. The molecule has 3 rings (SSSR count). The largest absolute Gasteiger partial charge is 0.460 e. The lowest BCUT2D eigenvalue weighted by Crippen LogP contribution is -2.29. The van der Waals surface area contributed by atoms with E-state index in [2.05, 4.69) is 5.32 Å². The van der Waals surface area contributed by atoms with Gasteiger partial charge < -0.3 is 14.8 Å². The highest BCUT2D eigenvalue weighted by Gasteiger charge is 2.37. The summed E-state index contributed by atoms with van der Waals surface area (Å²) in [5.74, 6) is -2.88. The summed E-state index contributed by atoms with van der Waals surface area (Å²) in [7, 11) is 0. The van der Waals surface area contributed by atoms with Gasteiger partial charge in [0.1, 0.15) is 0 Å². The van der Waals surface area contributed by atoms with Crippen LogP contribution in [-0.4, -0.2) is 42.4 Å². The van der Waals surface area contributed by atoms with Gasteiger partial charge in [-0.15, -0.1) is 0 Å². The summed E-state index contributed by atoms with van der Waals surface area (Å²) >= 11 is 0. The lowest BCUT2D eigenvalue weighted by Gasteiger charge is -2.14. The summed E-state index contributed by atoms with van der Waals surface area (Å²) in [6, 6.07) is 10.2. The Bertz CT molecular complexity index is 1070. The maximum atomic E-state index is 12.8. The Morgan fingerprint density at radius 2 is 1.61 bits per heavy atom. The maximum Gasteiger partial charge on any atom is 0.344 e. The molecule has 160 valence electrons. The van der Waals surface area contributed by atoms with Crippen molar-refractivity contribution < 1.29 is 33.4 Å². The van der Waals surface area contributed by atoms with Crippen molar-refractivity contribution in [3.05, 3.63) is 59.2 Å². The van der Waals surface area contributed by atoms with Crippen molar-refractivity contribution in [2.45, 2.75) is 26.9 Å². The van der Waals surface area contributed by atoms with Crippen molar-refractivity contribution in [2.75, 3.05) is 16.8 Å². The lowest BCUT2D eigenvalue weighted by atomic mass is 10.1. The highest BCUT2D eigenvalue weighted by molar-refractivity contribution is 6.34. The van der Waals surface area contributed by atoms with E-state index in [1.54, 1.807) is 26.0 Å². The minimum atomic E-state index is -0.818. The number of hydrogen-bond acceptors (Lipinski definition) is 7. The van der Waals surface area contributed by atoms with Crippen molar-refractivity contribution >= 4 is 41.0 Å². The average Bonchev–Trinajstić information content (AvgIpc) is 2.96. The molecule has 0 radical (unpaired) electrons. The van der Waals surface area contributed by atoms with Gasteiger partial charge in [-0.05, 0) is 56.3 Å². The van der Waals surface area contributed by atoms with Gasteiger partial charge in [0.05, 0.1) is 28.5 Å². The summed E-state index contributed by atoms with van der Waals surface area (Å²) < 4.78 is 9.80. The third kappa shape index (κ3) is 4.77. The number of ether oxygens (including phenoxy) is 2. The summed E-state index contributed by atoms with van der Waals surface area (Å²) in [5, 5.41) is 2.60. The van der Waals surface area contributed by atoms with E-state index in [-0.39, 0.29) is 28.7 Å². The normalized spacial score (nSPS) is 12.6. The first kappa shape index (κ1) is 21.7. The van der Waals surface area contributed by atoms with Crippen molar-refractivity contribution in [1.82, 2.24) is 0 Å². The van der Waals surface area contributed by atoms with E-state index in [1.165, 1.54) is 37.3 Å². The summed E-state index contributed by atoms with van der Waals surface area (Å²) in [6.07, 6.45) is -0.340. The second-order valence-corrected chi connectivity index (χ2v) is 7.05. The minimum Gasteiger partial charge on any atom is -0.460 e. The molecule has 0 spiro atoms. The Labute approximate surface area is 177 Å². The molecular weight excluding hydrogens is 404 g/mol. The van der Waals surface area contributed by atoms with Crippen molar-refractivity contribution in [1.29, 1.82) is 0 Å². The highest BCUT2D eigenvalue weighted by atomic mass is 16.6. The quantitative estimate of drug-likeness (QED) is 0.559. The van der Waals surface area contributed by atoms with Crippen LogP contribution >= 0.6 is 0 Å². The number of esters is 2. The van der Waals surface area contributed by atoms with Crippen molar-refractivity contribution in [3.63, 3.8) is 0 Å². The molecule has 3 amide bonds. The van der Waals surface area contributed by atoms with Gasteiger partial charge in [0, 0.05) is 12.6 Å². The zero-order chi connectivity index (χ0) is 22.7. The number of imide groups is 1. The number of fused-ring (bicyclic) bond motifs is 1. The number of benzene rings is 2. The molecule has 1 aliphatic heterocycles. The van der Waals surface area contributed by atoms with E-state index < -0.39 is 30.4 Å². The molecule has 1 N–H and O–H groups in total. The second kappa shape index (κ2) is 8.78. The van der Waals surface area contributed by atoms with Crippen LogP contribution < -0.4 is 10.2 Å². The van der Waals surface area contributed by atoms with Gasteiger partial charge in [-0.2, -0.15) is 0 Å². The van der Waals surface area contributed by atoms with Crippen LogP contribution in [-0.2, 0) is 19.1 Å². The van der Waals surface area contributed by atoms with Gasteiger partial charge in [-0.1, -0.05) is 0 Å². The van der Waals surface area contributed by atoms with Gasteiger partial charge in [0.25, 0.3) is 11.8 Å². The molecule has 0 bridgehead atoms. The predicted octanol–water partition coefficient (Wildman–Crippen LogP) is 2.55. The van der Waals surface area contributed by atoms with Gasteiger partial charge in [-0.25, -0.2) is 14.5 Å². The number of rotatable bonds is 6. The Kier molecular flexibility index (Phi) is 6.15. The fourth-order valence-electron chi connectivity index (χ4n) is 3.00. The number of carbonyl (C=O) groups excluding carboxylic acids is 5. The number of nitrogens with zero attached hydrogens (tertiary/aromatic N) is 1. The fraction of sp³-hybridized carbons (Fsp3) is 0.227. The van der Waals surface area contributed by atoms with E-state index >= 15 is 0 Å². The Balaban J connectivity index is 1.76. The number of amides is 3. The topological polar surface area (TPSA) is 119 Å². The van der Waals surface area contributed by atoms with Crippen molar-refractivity contribution in [3.8, 4) is 0 Å². The van der Waals surface area contributed by atoms with E-state index in [4.69, 9.17) is 9.47 Å². The van der Waals surface area contributed by atoms with Gasteiger partial charge in [0.15, 0.2) is 6.61 Å². The standard InChI is InChI=1S/C22H20N2O7/c1-12(2)31-19(26)11-30-22(29)14-4-9-17-18(10-14)21(28)24(20(17)27)16-7-5-15(6-8-16)23-13(3)25/h4-10,12H,11H2,1-3H3,(H,23,25). The Morgan fingerprint density at radius 1 is 0.968 bits per heavy atom. The van der Waals surface area contributed by atoms with Gasteiger partial charge in [-0.3, -0.25) is 14.4 Å². The molecule has 1 heterocycles. The average molecular weight is 424 g/mol.